The molecule has 0 aromatic heterocycles. The largest absolute Gasteiger partial charge is 0.527 e. The standard InChI is InChI=1S/2C8H6F12O2.C6H6F8O2.C6H6F8O.2C5H6F6O2.C5H6F6O.C4H6F4O/c1-3(9,6(13,14)15)21-8(19,20)5(12,7(16,17)18)22-4(2,10)11;1-3(9,5(11,12)13)21-7(17,18)8(19,20)22-4(2,10)6(14,15)16;1-3(7,8)4(9,5(10,11)12)16-6(13,14)15-2;1-3(7,8)4(9,10)5(11,15-2)6(12,13)14;1-3(6,7)4(8,12-2)13-5(9,10)11;1-3(6,7)4(8,9)13-5(10,11)12-2;1-3(6,7)4(8,12-2)5(9,10)11;1-3(5,6)4(7,8)9-2/h2*1-2H3;1-2H3;1-2H3;2*1-2H3;1-2H3;1-2H3. The van der Waals surface area contributed by atoms with Crippen molar-refractivity contribution in [1.82, 2.24) is 0 Å². The molecule has 0 fully saturated rings. The number of methoxy groups -OCH3 is 6. The molecule has 0 aromatic carbocycles. The lowest BCUT2D eigenvalue weighted by Gasteiger charge is -2.38. The molecule has 0 aliphatic heterocycles. The van der Waals surface area contributed by atoms with E-state index in [4.69, 9.17) is 0 Å². The summed E-state index contributed by atoms with van der Waals surface area (Å²) in [4.78, 5) is 0. The lowest BCUT2D eigenvalue weighted by molar-refractivity contribution is -0.526. The second-order valence-corrected chi connectivity index (χ2v) is 21.8. The molecule has 0 amide bonds. The molecule has 0 bridgehead atoms. The van der Waals surface area contributed by atoms with Crippen LogP contribution in [0.4, 0.5) is 272 Å². The minimum atomic E-state index is -6.99. The average Bonchev–Trinajstić information content (AvgIpc) is 0.747. The van der Waals surface area contributed by atoms with E-state index in [9.17, 15) is 272 Å². The fourth-order valence-electron chi connectivity index (χ4n) is 4.38. The molecule has 122 heavy (non-hydrogen) atoms. The molecule has 0 aliphatic rings. The number of hydrogen-bond acceptors (Lipinski definition) is 13. The normalized spacial score (nSPS) is 18.5. The molecule has 8 atom stereocenters. The fraction of sp³-hybridized carbons (Fsp3) is 1.00. The summed E-state index contributed by atoms with van der Waals surface area (Å²) < 4.78 is 788. The van der Waals surface area contributed by atoms with Crippen molar-refractivity contribution in [3.63, 3.8) is 0 Å². The van der Waals surface area contributed by atoms with Crippen molar-refractivity contribution in [2.75, 3.05) is 42.7 Å². The Hall–Kier alpha value is -4.86. The van der Waals surface area contributed by atoms with Gasteiger partial charge in [-0.2, -0.15) is 211 Å². The van der Waals surface area contributed by atoms with Gasteiger partial charge in [0.25, 0.3) is 0 Å². The summed E-state index contributed by atoms with van der Waals surface area (Å²) in [6.45, 7) is -4.48. The van der Waals surface area contributed by atoms with Crippen molar-refractivity contribution in [2.45, 2.75) is 257 Å². The zero-order valence-electron chi connectivity index (χ0n) is 60.2. The molecule has 0 aliphatic carbocycles. The van der Waals surface area contributed by atoms with Crippen molar-refractivity contribution >= 4 is 0 Å². The second-order valence-electron chi connectivity index (χ2n) is 21.8. The maximum Gasteiger partial charge on any atom is 0.527 e. The minimum absolute atomic E-state index is 0.0762. The van der Waals surface area contributed by atoms with Crippen molar-refractivity contribution in [3.05, 3.63) is 0 Å². The molecule has 0 saturated carbocycles. The average molecular weight is 2000 g/mol. The summed E-state index contributed by atoms with van der Waals surface area (Å²) in [7, 11) is 1.51. The number of alkyl halides is 62. The molecule has 0 spiro atoms. The van der Waals surface area contributed by atoms with Gasteiger partial charge >= 0.3 is 187 Å². The Labute approximate surface area is 633 Å². The summed E-state index contributed by atoms with van der Waals surface area (Å²) in [5, 5.41) is 0. The second kappa shape index (κ2) is 40.9. The van der Waals surface area contributed by atoms with Crippen LogP contribution in [0.1, 0.15) is 69.2 Å². The van der Waals surface area contributed by atoms with E-state index in [1.165, 1.54) is 0 Å². The van der Waals surface area contributed by atoms with Crippen LogP contribution in [0.2, 0.25) is 0 Å². The van der Waals surface area contributed by atoms with Gasteiger partial charge in [0.2, 0.25) is 0 Å². The van der Waals surface area contributed by atoms with Crippen molar-refractivity contribution in [3.8, 4) is 0 Å². The van der Waals surface area contributed by atoms with Crippen LogP contribution < -0.4 is 0 Å². The van der Waals surface area contributed by atoms with Crippen LogP contribution in [0.15, 0.2) is 0 Å². The highest BCUT2D eigenvalue weighted by molar-refractivity contribution is 4.99. The zero-order valence-corrected chi connectivity index (χ0v) is 60.2. The van der Waals surface area contributed by atoms with Gasteiger partial charge in [-0.1, -0.05) is 0 Å². The van der Waals surface area contributed by atoms with Gasteiger partial charge in [0, 0.05) is 112 Å². The highest BCUT2D eigenvalue weighted by atomic mass is 19.5. The van der Waals surface area contributed by atoms with Crippen LogP contribution in [0.25, 0.3) is 0 Å². The van der Waals surface area contributed by atoms with Gasteiger partial charge in [-0.25, -0.2) is 44.9 Å². The SMILES string of the molecule is CC(F)(F)OC(F)(C(F)(F)F)C(F)(F)OC(C)(F)C(F)(F)F.CC(F)(OC(F)(F)C(F)(F)OC(C)(F)C(F)(F)F)C(F)(F)F.COC(F)(C(C)(F)F)C(F)(F)F.COC(F)(C(F)(F)F)C(F)(F)C(C)(F)F.COC(F)(F)C(C)(F)F.COC(F)(F)OC(F)(C(C)(F)F)C(F)(F)F.COC(F)(F)OC(F)(F)C(C)(F)F.COC(F)(OC(F)(F)F)C(C)(F)F. The van der Waals surface area contributed by atoms with Gasteiger partial charge in [0.1, 0.15) is 0 Å². The lowest BCUT2D eigenvalue weighted by Crippen LogP contribution is -2.63. The maximum absolute atomic E-state index is 13.3. The van der Waals surface area contributed by atoms with E-state index in [0.29, 0.717) is 21.3 Å². The number of ether oxygens (including phenoxy) is 13. The molecule has 0 aromatic rings. The zero-order chi connectivity index (χ0) is 103. The van der Waals surface area contributed by atoms with E-state index in [2.05, 4.69) is 61.6 Å². The third-order valence-corrected chi connectivity index (χ3v) is 10.9. The molecule has 748 valence electrons. The summed E-state index contributed by atoms with van der Waals surface area (Å²) in [5.74, 6) is -73.8. The third kappa shape index (κ3) is 37.8. The molecule has 0 rings (SSSR count). The molecule has 0 heterocycles. The van der Waals surface area contributed by atoms with Crippen molar-refractivity contribution in [1.29, 1.82) is 0 Å². The monoisotopic (exact) mass is 2000 g/mol. The Balaban J connectivity index is -0.000000206. The molecular weight excluding hydrogens is 1950 g/mol. The summed E-state index contributed by atoms with van der Waals surface area (Å²) in [6, 6.07) is -4.49. The predicted octanol–water partition coefficient (Wildman–Crippen LogP) is 24.9. The van der Waals surface area contributed by atoms with Gasteiger partial charge in [0.05, 0.1) is 0 Å². The summed E-state index contributed by atoms with van der Waals surface area (Å²) in [6.07, 6.45) is -94.4. The Morgan fingerprint density at radius 3 is 0.516 bits per heavy atom. The fourth-order valence-corrected chi connectivity index (χ4v) is 4.38. The molecule has 8 unspecified atom stereocenters. The molecule has 0 saturated heterocycles. The van der Waals surface area contributed by atoms with Gasteiger partial charge in [-0.05, 0) is 0 Å². The first kappa shape index (κ1) is 133. The molecule has 0 N–H and O–H groups in total. The van der Waals surface area contributed by atoms with Gasteiger partial charge in [0.15, 0.2) is 0 Å². The van der Waals surface area contributed by atoms with E-state index in [1.54, 1.807) is 0 Å². The van der Waals surface area contributed by atoms with Crippen LogP contribution in [0, 0.1) is 0 Å². The van der Waals surface area contributed by atoms with Crippen LogP contribution in [-0.2, 0) is 61.6 Å². The Morgan fingerprint density at radius 1 is 0.156 bits per heavy atom. The highest BCUT2D eigenvalue weighted by Gasteiger charge is 2.82. The number of halogens is 62. The predicted molar refractivity (Wildman–Crippen MR) is 260 cm³/mol. The van der Waals surface area contributed by atoms with Crippen LogP contribution >= 0.6 is 0 Å². The van der Waals surface area contributed by atoms with Crippen molar-refractivity contribution in [2.24, 2.45) is 0 Å². The smallest absolute Gasteiger partial charge is 0.338 e. The van der Waals surface area contributed by atoms with Gasteiger partial charge in [-0.3, -0.25) is 28.4 Å². The van der Waals surface area contributed by atoms with E-state index in [1.807, 2.05) is 0 Å². The summed E-state index contributed by atoms with van der Waals surface area (Å²) in [5.41, 5.74) is 0. The lowest BCUT2D eigenvalue weighted by atomic mass is 10.0. The Morgan fingerprint density at radius 2 is 0.393 bits per heavy atom. The van der Waals surface area contributed by atoms with Crippen LogP contribution in [0.5, 0.6) is 0 Å². The van der Waals surface area contributed by atoms with E-state index in [0.717, 1.165) is 0 Å². The van der Waals surface area contributed by atoms with E-state index in [-0.39, 0.29) is 49.0 Å². The Kier molecular flexibility index (Phi) is 44.4. The molecular formula is C47H48F62O13. The molecule has 13 nitrogen and oxygen atoms in total. The Bertz CT molecular complexity index is 2950. The first-order valence-corrected chi connectivity index (χ1v) is 27.2. The maximum atomic E-state index is 13.3. The first-order chi connectivity index (χ1) is 51.3. The number of hydrogen-bond donors (Lipinski definition) is 0. The molecule has 75 heteroatoms. The summed E-state index contributed by atoms with van der Waals surface area (Å²) >= 11 is 0. The van der Waals surface area contributed by atoms with Gasteiger partial charge in [-0.15, -0.1) is 30.7 Å². The minimum Gasteiger partial charge on any atom is -0.338 e. The topological polar surface area (TPSA) is 120 Å². The highest BCUT2D eigenvalue weighted by Crippen LogP contribution is 2.57. The third-order valence-electron chi connectivity index (χ3n) is 10.9. The van der Waals surface area contributed by atoms with E-state index >= 15 is 0 Å². The molecule has 0 radical (unpaired) electrons. The van der Waals surface area contributed by atoms with E-state index < -0.39 is 229 Å². The number of rotatable bonds is 28. The van der Waals surface area contributed by atoms with Crippen molar-refractivity contribution < 1.29 is 334 Å². The van der Waals surface area contributed by atoms with Crippen LogP contribution in [-0.4, -0.2) is 230 Å². The first-order valence-electron chi connectivity index (χ1n) is 27.2. The van der Waals surface area contributed by atoms with Gasteiger partial charge < -0.3 is 18.9 Å². The van der Waals surface area contributed by atoms with Crippen LogP contribution in [0.3, 0.4) is 0 Å². The quantitative estimate of drug-likeness (QED) is 0.0546.